The Balaban J connectivity index is 1.56. The van der Waals surface area contributed by atoms with Gasteiger partial charge in [-0.2, -0.15) is 0 Å². The third-order valence-electron chi connectivity index (χ3n) is 5.44. The maximum absolute atomic E-state index is 5.82. The third-order valence-corrected chi connectivity index (χ3v) is 5.44. The van der Waals surface area contributed by atoms with E-state index in [1.165, 1.54) is 32.7 Å². The van der Waals surface area contributed by atoms with Gasteiger partial charge in [0, 0.05) is 10.8 Å². The molecule has 2 heteroatoms. The van der Waals surface area contributed by atoms with Gasteiger partial charge in [0.2, 0.25) is 0 Å². The van der Waals surface area contributed by atoms with Crippen molar-refractivity contribution in [1.29, 1.82) is 0 Å². The molecule has 4 aromatic carbocycles. The summed E-state index contributed by atoms with van der Waals surface area (Å²) in [5.74, 6) is 1.95. The van der Waals surface area contributed by atoms with Crippen molar-refractivity contribution in [1.82, 2.24) is 0 Å². The molecular formula is C27H28O2. The molecule has 4 aromatic rings. The van der Waals surface area contributed by atoms with Gasteiger partial charge < -0.3 is 9.47 Å². The molecule has 0 aliphatic carbocycles. The fraction of sp³-hybridized carbons (Fsp3) is 0.259. The lowest BCUT2D eigenvalue weighted by molar-refractivity contribution is 0.344. The predicted octanol–water partition coefficient (Wildman–Crippen LogP) is 6.97. The van der Waals surface area contributed by atoms with Crippen LogP contribution < -0.4 is 9.47 Å². The number of benzene rings is 4. The molecule has 148 valence electrons. The number of ether oxygens (including phenoxy) is 2. The molecule has 0 bridgehead atoms. The van der Waals surface area contributed by atoms with Gasteiger partial charge in [-0.1, -0.05) is 60.7 Å². The van der Waals surface area contributed by atoms with E-state index in [1.54, 1.807) is 0 Å². The first-order valence-corrected chi connectivity index (χ1v) is 10.6. The van der Waals surface area contributed by atoms with E-state index in [4.69, 9.17) is 9.47 Å². The minimum atomic E-state index is 0.689. The van der Waals surface area contributed by atoms with Crippen LogP contribution in [0.25, 0.3) is 21.5 Å². The van der Waals surface area contributed by atoms with Gasteiger partial charge in [-0.05, 0) is 67.1 Å². The number of hydrogen-bond acceptors (Lipinski definition) is 2. The molecule has 0 radical (unpaired) electrons. The highest BCUT2D eigenvalue weighted by Gasteiger charge is 2.09. The van der Waals surface area contributed by atoms with Crippen LogP contribution >= 0.6 is 0 Å². The normalized spacial score (nSPS) is 11.1. The van der Waals surface area contributed by atoms with Gasteiger partial charge in [-0.25, -0.2) is 0 Å². The van der Waals surface area contributed by atoms with Crippen LogP contribution in [0, 0.1) is 0 Å². The van der Waals surface area contributed by atoms with Gasteiger partial charge in [0.25, 0.3) is 0 Å². The molecule has 0 atom stereocenters. The zero-order valence-corrected chi connectivity index (χ0v) is 17.3. The molecule has 4 rings (SSSR count). The van der Waals surface area contributed by atoms with Gasteiger partial charge >= 0.3 is 0 Å². The molecule has 0 spiro atoms. The molecule has 0 aliphatic heterocycles. The van der Waals surface area contributed by atoms with Crippen LogP contribution in [0.1, 0.15) is 31.4 Å². The standard InChI is InChI=1S/C27H28O2/c1-3-28-26-18-16-20(22-12-5-7-14-24(22)26)10-9-11-21-17-19-27(29-4-2)25-15-8-6-13-23(21)25/h5-8,12-19H,3-4,9-11H2,1-2H3. The smallest absolute Gasteiger partial charge is 0.127 e. The second-order valence-corrected chi connectivity index (χ2v) is 7.26. The molecule has 0 aliphatic rings. The maximum Gasteiger partial charge on any atom is 0.127 e. The quantitative estimate of drug-likeness (QED) is 0.327. The average molecular weight is 385 g/mol. The van der Waals surface area contributed by atoms with E-state index >= 15 is 0 Å². The monoisotopic (exact) mass is 384 g/mol. The minimum Gasteiger partial charge on any atom is -0.493 e. The molecule has 0 saturated carbocycles. The zero-order chi connectivity index (χ0) is 20.1. The topological polar surface area (TPSA) is 18.5 Å². The number of fused-ring (bicyclic) bond motifs is 2. The van der Waals surface area contributed by atoms with Crippen LogP contribution in [0.5, 0.6) is 11.5 Å². The van der Waals surface area contributed by atoms with Crippen molar-refractivity contribution in [3.8, 4) is 11.5 Å². The summed E-state index contributed by atoms with van der Waals surface area (Å²) in [5, 5.41) is 5.02. The summed E-state index contributed by atoms with van der Waals surface area (Å²) in [7, 11) is 0. The van der Waals surface area contributed by atoms with E-state index in [2.05, 4.69) is 72.8 Å². The Bertz CT molecular complexity index is 1020. The van der Waals surface area contributed by atoms with Crippen molar-refractivity contribution in [2.45, 2.75) is 33.1 Å². The van der Waals surface area contributed by atoms with Crippen LogP contribution in [0.2, 0.25) is 0 Å². The molecule has 2 nitrogen and oxygen atoms in total. The molecular weight excluding hydrogens is 356 g/mol. The summed E-state index contributed by atoms with van der Waals surface area (Å²) in [6.07, 6.45) is 3.21. The Morgan fingerprint density at radius 2 is 0.931 bits per heavy atom. The van der Waals surface area contributed by atoms with Crippen molar-refractivity contribution < 1.29 is 9.47 Å². The SMILES string of the molecule is CCOc1ccc(CCCc2ccc(OCC)c3ccccc23)c2ccccc12. The van der Waals surface area contributed by atoms with E-state index in [1.807, 2.05) is 13.8 Å². The Hall–Kier alpha value is -3.00. The molecule has 29 heavy (non-hydrogen) atoms. The number of hydrogen-bond donors (Lipinski definition) is 0. The average Bonchev–Trinajstić information content (AvgIpc) is 2.77. The van der Waals surface area contributed by atoms with Gasteiger partial charge in [-0.15, -0.1) is 0 Å². The van der Waals surface area contributed by atoms with Crippen LogP contribution in [-0.4, -0.2) is 13.2 Å². The fourth-order valence-corrected chi connectivity index (χ4v) is 4.14. The lowest BCUT2D eigenvalue weighted by Gasteiger charge is -2.13. The van der Waals surface area contributed by atoms with Crippen LogP contribution in [0.3, 0.4) is 0 Å². The third kappa shape index (κ3) is 4.07. The molecule has 0 N–H and O–H groups in total. The van der Waals surface area contributed by atoms with E-state index < -0.39 is 0 Å². The lowest BCUT2D eigenvalue weighted by Crippen LogP contribution is -1.97. The van der Waals surface area contributed by atoms with Gasteiger partial charge in [0.1, 0.15) is 11.5 Å². The second-order valence-electron chi connectivity index (χ2n) is 7.26. The van der Waals surface area contributed by atoms with Crippen molar-refractivity contribution in [2.24, 2.45) is 0 Å². The van der Waals surface area contributed by atoms with Crippen LogP contribution in [0.4, 0.5) is 0 Å². The Kier molecular flexibility index (Phi) is 6.00. The summed E-state index contributed by atoms with van der Waals surface area (Å²) >= 11 is 0. The molecule has 0 aromatic heterocycles. The van der Waals surface area contributed by atoms with E-state index in [9.17, 15) is 0 Å². The first-order valence-electron chi connectivity index (χ1n) is 10.6. The van der Waals surface area contributed by atoms with E-state index in [0.717, 1.165) is 30.8 Å². The first kappa shape index (κ1) is 19.3. The summed E-state index contributed by atoms with van der Waals surface area (Å²) in [4.78, 5) is 0. The van der Waals surface area contributed by atoms with Crippen molar-refractivity contribution >= 4 is 21.5 Å². The van der Waals surface area contributed by atoms with Crippen LogP contribution in [-0.2, 0) is 12.8 Å². The van der Waals surface area contributed by atoms with Crippen LogP contribution in [0.15, 0.2) is 72.8 Å². The summed E-state index contributed by atoms with van der Waals surface area (Å²) < 4.78 is 11.6. The van der Waals surface area contributed by atoms with Crippen molar-refractivity contribution in [3.63, 3.8) is 0 Å². The van der Waals surface area contributed by atoms with E-state index in [-0.39, 0.29) is 0 Å². The molecule has 0 fully saturated rings. The Morgan fingerprint density at radius 3 is 1.34 bits per heavy atom. The Labute approximate surface area is 173 Å². The summed E-state index contributed by atoms with van der Waals surface area (Å²) in [5.41, 5.74) is 2.78. The van der Waals surface area contributed by atoms with E-state index in [0.29, 0.717) is 13.2 Å². The van der Waals surface area contributed by atoms with Gasteiger partial charge in [-0.3, -0.25) is 0 Å². The molecule has 0 unspecified atom stereocenters. The van der Waals surface area contributed by atoms with Gasteiger partial charge in [0.05, 0.1) is 13.2 Å². The zero-order valence-electron chi connectivity index (χ0n) is 17.3. The molecule has 0 heterocycles. The van der Waals surface area contributed by atoms with Crippen molar-refractivity contribution in [3.05, 3.63) is 83.9 Å². The number of rotatable bonds is 8. The predicted molar refractivity (Wildman–Crippen MR) is 122 cm³/mol. The Morgan fingerprint density at radius 1 is 0.517 bits per heavy atom. The lowest BCUT2D eigenvalue weighted by atomic mass is 9.96. The first-order chi connectivity index (χ1) is 14.3. The molecule has 0 amide bonds. The summed E-state index contributed by atoms with van der Waals surface area (Å²) in [6.45, 7) is 5.44. The fourth-order valence-electron chi connectivity index (χ4n) is 4.14. The molecule has 0 saturated heterocycles. The summed E-state index contributed by atoms with van der Waals surface area (Å²) in [6, 6.07) is 25.8. The number of aryl methyl sites for hydroxylation is 2. The largest absolute Gasteiger partial charge is 0.493 e. The maximum atomic E-state index is 5.82. The highest BCUT2D eigenvalue weighted by Crippen LogP contribution is 2.31. The van der Waals surface area contributed by atoms with Gasteiger partial charge in [0.15, 0.2) is 0 Å². The minimum absolute atomic E-state index is 0.689. The highest BCUT2D eigenvalue weighted by molar-refractivity contribution is 5.92. The van der Waals surface area contributed by atoms with Crippen molar-refractivity contribution in [2.75, 3.05) is 13.2 Å². The highest BCUT2D eigenvalue weighted by atomic mass is 16.5. The second kappa shape index (κ2) is 9.00.